The minimum atomic E-state index is -0.629. The molecule has 0 unspecified atom stereocenters. The molecule has 2 aromatic carbocycles. The van der Waals surface area contributed by atoms with Crippen molar-refractivity contribution in [3.05, 3.63) is 80.9 Å². The van der Waals surface area contributed by atoms with Crippen molar-refractivity contribution in [2.75, 3.05) is 30.3 Å². The highest BCUT2D eigenvalue weighted by atomic mass is 35.5. The number of aliphatic hydroxyl groups excluding tert-OH is 1. The Morgan fingerprint density at radius 2 is 1.32 bits per heavy atom. The van der Waals surface area contributed by atoms with Crippen LogP contribution >= 0.6 is 23.2 Å². The van der Waals surface area contributed by atoms with Gasteiger partial charge < -0.3 is 30.0 Å². The van der Waals surface area contributed by atoms with Gasteiger partial charge in [-0.1, -0.05) is 47.5 Å². The van der Waals surface area contributed by atoms with E-state index in [1.807, 2.05) is 35.4 Å². The monoisotopic (exact) mass is 842 g/mol. The number of aliphatic hydroxyl groups is 1. The molecule has 9 rings (SSSR count). The number of aromatic nitrogens is 4. The maximum atomic E-state index is 13.8. The number of amides is 2. The number of carboxylic acids is 1. The third kappa shape index (κ3) is 7.36. The van der Waals surface area contributed by atoms with Crippen LogP contribution in [0.25, 0.3) is 11.1 Å². The van der Waals surface area contributed by atoms with Crippen molar-refractivity contribution in [3.63, 3.8) is 0 Å². The van der Waals surface area contributed by atoms with Crippen LogP contribution in [0.5, 0.6) is 0 Å². The number of nitrogens with zero attached hydrogens (tertiary/aromatic N) is 6. The summed E-state index contributed by atoms with van der Waals surface area (Å²) < 4.78 is 3.74. The van der Waals surface area contributed by atoms with Crippen molar-refractivity contribution in [2.24, 2.45) is 24.9 Å². The second-order valence-corrected chi connectivity index (χ2v) is 18.5. The van der Waals surface area contributed by atoms with Gasteiger partial charge in [-0.25, -0.2) is 9.97 Å². The molecule has 3 fully saturated rings. The van der Waals surface area contributed by atoms with Crippen molar-refractivity contribution in [2.45, 2.75) is 102 Å². The van der Waals surface area contributed by atoms with E-state index in [0.29, 0.717) is 63.3 Å². The summed E-state index contributed by atoms with van der Waals surface area (Å²) in [7, 11) is 3.75. The molecular formula is C44H52Cl2N8O5. The molecule has 2 aliphatic heterocycles. The van der Waals surface area contributed by atoms with Crippen LogP contribution in [0.1, 0.15) is 108 Å². The van der Waals surface area contributed by atoms with Crippen LogP contribution in [0.15, 0.2) is 36.4 Å². The van der Waals surface area contributed by atoms with E-state index >= 15 is 0 Å². The third-order valence-corrected chi connectivity index (χ3v) is 15.2. The number of carboxylic acid groups (broad SMARTS) is 1. The van der Waals surface area contributed by atoms with Crippen LogP contribution in [0, 0.1) is 10.8 Å². The van der Waals surface area contributed by atoms with E-state index in [1.165, 1.54) is 0 Å². The Bertz CT molecular complexity index is 2320. The molecule has 4 heterocycles. The summed E-state index contributed by atoms with van der Waals surface area (Å²) >= 11 is 14.0. The Kier molecular flexibility index (Phi) is 10.6. The topological polar surface area (TPSA) is 158 Å². The van der Waals surface area contributed by atoms with Crippen molar-refractivity contribution < 1.29 is 24.6 Å². The van der Waals surface area contributed by atoms with E-state index in [1.54, 1.807) is 24.3 Å². The minimum absolute atomic E-state index is 0.130. The molecule has 59 heavy (non-hydrogen) atoms. The van der Waals surface area contributed by atoms with Crippen LogP contribution in [-0.4, -0.2) is 88.7 Å². The number of carbonyl (C=O) groups excluding carboxylic acids is 2. The molecule has 2 amide bonds. The second-order valence-electron chi connectivity index (χ2n) is 17.7. The van der Waals surface area contributed by atoms with Crippen LogP contribution in [0.4, 0.5) is 11.4 Å². The van der Waals surface area contributed by atoms with Gasteiger partial charge in [-0.3, -0.25) is 24.2 Å². The first-order chi connectivity index (χ1) is 28.3. The minimum Gasteiger partial charge on any atom is -0.481 e. The molecule has 0 radical (unpaired) electrons. The molecule has 2 aromatic heterocycles. The largest absolute Gasteiger partial charge is 0.481 e. The molecule has 2 bridgehead atoms. The molecule has 13 nitrogen and oxygen atoms in total. The molecule has 4 aromatic rings. The first kappa shape index (κ1) is 40.2. The number of hydrogen-bond acceptors (Lipinski definition) is 8. The van der Waals surface area contributed by atoms with Gasteiger partial charge in [0.15, 0.2) is 11.6 Å². The standard InChI is InChI=1S/C44H52Cl2N8O5/c1-51-34-13-20-53(22-19-43-15-17-44(25-43,18-16-43)42(58)59)23-32(34)47-38(51)40(56)49-30-7-3-5-28(36(30)45)29-6-4-8-31(37(29)46)50-41(57)39-48-33-24-54(21-14-35(33)52(39)2)26-9-11-27(55)12-10-26/h3-8,26-27,55H,9-25H2,1-2H3,(H,49,56)(H,50,57)(H,58,59). The lowest BCUT2D eigenvalue weighted by atomic mass is 9.80. The fraction of sp³-hybridized carbons (Fsp3) is 0.523. The number of fused-ring (bicyclic) bond motifs is 4. The summed E-state index contributed by atoms with van der Waals surface area (Å²) in [5.41, 5.74) is 5.51. The van der Waals surface area contributed by atoms with Gasteiger partial charge in [-0.15, -0.1) is 0 Å². The SMILES string of the molecule is Cn1c(C(=O)Nc2cccc(-c3cccc(NC(=O)c4nc5c(n4C)CCN(C4CCC(O)CC4)C5)c3Cl)c2Cl)nc2c1CCN(CCC13CCC(C(=O)O)(CC1)C3)C2. The molecule has 3 aliphatic carbocycles. The Morgan fingerprint density at radius 1 is 0.780 bits per heavy atom. The third-order valence-electron chi connectivity index (χ3n) is 14.4. The average Bonchev–Trinajstić information content (AvgIpc) is 3.99. The lowest BCUT2D eigenvalue weighted by molar-refractivity contribution is -0.148. The van der Waals surface area contributed by atoms with Crippen LogP contribution in [0.2, 0.25) is 10.0 Å². The summed E-state index contributed by atoms with van der Waals surface area (Å²) in [4.78, 5) is 53.9. The Balaban J connectivity index is 0.859. The van der Waals surface area contributed by atoms with Crippen molar-refractivity contribution >= 4 is 52.4 Å². The highest BCUT2D eigenvalue weighted by Crippen LogP contribution is 2.63. The number of anilines is 2. The molecule has 5 aliphatic rings. The number of benzene rings is 2. The molecule has 3 saturated carbocycles. The average molecular weight is 844 g/mol. The van der Waals surface area contributed by atoms with E-state index in [0.717, 1.165) is 119 Å². The van der Waals surface area contributed by atoms with Gasteiger partial charge in [0.25, 0.3) is 11.8 Å². The Hall–Kier alpha value is -4.27. The Labute approximate surface area is 354 Å². The summed E-state index contributed by atoms with van der Waals surface area (Å²) in [6.07, 6.45) is 10.3. The van der Waals surface area contributed by atoms with Gasteiger partial charge in [0.2, 0.25) is 0 Å². The van der Waals surface area contributed by atoms with Crippen molar-refractivity contribution in [3.8, 4) is 11.1 Å². The zero-order valence-electron chi connectivity index (χ0n) is 33.7. The predicted octanol–water partition coefficient (Wildman–Crippen LogP) is 7.08. The molecule has 0 saturated heterocycles. The summed E-state index contributed by atoms with van der Waals surface area (Å²) in [6.45, 7) is 3.97. The van der Waals surface area contributed by atoms with Gasteiger partial charge in [-0.05, 0) is 88.3 Å². The number of hydrogen-bond donors (Lipinski definition) is 4. The number of rotatable bonds is 10. The second kappa shape index (κ2) is 15.6. The van der Waals surface area contributed by atoms with E-state index in [9.17, 15) is 24.6 Å². The highest BCUT2D eigenvalue weighted by Gasteiger charge is 2.57. The first-order valence-electron chi connectivity index (χ1n) is 21.0. The Morgan fingerprint density at radius 3 is 1.86 bits per heavy atom. The van der Waals surface area contributed by atoms with E-state index in [-0.39, 0.29) is 23.3 Å². The summed E-state index contributed by atoms with van der Waals surface area (Å²) in [5.74, 6) is -0.755. The predicted molar refractivity (Wildman–Crippen MR) is 226 cm³/mol. The quantitative estimate of drug-likeness (QED) is 0.131. The molecule has 4 N–H and O–H groups in total. The van der Waals surface area contributed by atoms with Crippen molar-refractivity contribution in [1.29, 1.82) is 0 Å². The van der Waals surface area contributed by atoms with Gasteiger partial charge in [0.1, 0.15) is 0 Å². The zero-order valence-corrected chi connectivity index (χ0v) is 35.2. The lowest BCUT2D eigenvalue weighted by Gasteiger charge is -2.37. The zero-order chi connectivity index (χ0) is 41.2. The summed E-state index contributed by atoms with van der Waals surface area (Å²) in [5, 5.41) is 26.4. The van der Waals surface area contributed by atoms with Gasteiger partial charge in [-0.2, -0.15) is 0 Å². The maximum absolute atomic E-state index is 13.8. The summed E-state index contributed by atoms with van der Waals surface area (Å²) in [6, 6.07) is 11.1. The highest BCUT2D eigenvalue weighted by molar-refractivity contribution is 6.40. The van der Waals surface area contributed by atoms with Gasteiger partial charge in [0, 0.05) is 81.7 Å². The van der Waals surface area contributed by atoms with Crippen LogP contribution in [0.3, 0.4) is 0 Å². The number of halogens is 2. The van der Waals surface area contributed by atoms with E-state index in [4.69, 9.17) is 33.2 Å². The van der Waals surface area contributed by atoms with Crippen molar-refractivity contribution in [1.82, 2.24) is 28.9 Å². The van der Waals surface area contributed by atoms with E-state index < -0.39 is 11.4 Å². The molecule has 0 spiro atoms. The van der Waals surface area contributed by atoms with Gasteiger partial charge in [0.05, 0.1) is 44.3 Å². The molecular weight excluding hydrogens is 791 g/mol. The fourth-order valence-electron chi connectivity index (χ4n) is 10.8. The molecule has 15 heteroatoms. The van der Waals surface area contributed by atoms with Gasteiger partial charge >= 0.3 is 5.97 Å². The number of aliphatic carboxylic acids is 1. The van der Waals surface area contributed by atoms with Crippen LogP contribution < -0.4 is 10.6 Å². The smallest absolute Gasteiger partial charge is 0.309 e. The first-order valence-corrected chi connectivity index (χ1v) is 21.8. The maximum Gasteiger partial charge on any atom is 0.309 e. The molecule has 312 valence electrons. The number of carbonyl (C=O) groups is 3. The molecule has 0 atom stereocenters. The number of imidazole rings is 2. The normalized spacial score (nSPS) is 25.4. The van der Waals surface area contributed by atoms with E-state index in [2.05, 4.69) is 20.4 Å². The fourth-order valence-corrected chi connectivity index (χ4v) is 11.4. The number of nitrogens with one attached hydrogen (secondary N) is 2. The lowest BCUT2D eigenvalue weighted by Crippen LogP contribution is -2.42. The van der Waals surface area contributed by atoms with Crippen LogP contribution in [-0.2, 0) is 44.8 Å².